The van der Waals surface area contributed by atoms with Crippen molar-refractivity contribution >= 4 is 43.6 Å². The summed E-state index contributed by atoms with van der Waals surface area (Å²) in [6.07, 6.45) is 9.13. The molecule has 2 atom stereocenters. The second-order valence-electron chi connectivity index (χ2n) is 15.3. The minimum absolute atomic E-state index is 0.373. The van der Waals surface area contributed by atoms with Crippen molar-refractivity contribution in [3.63, 3.8) is 0 Å². The van der Waals surface area contributed by atoms with Crippen LogP contribution in [-0.2, 0) is 0 Å². The summed E-state index contributed by atoms with van der Waals surface area (Å²) in [5, 5.41) is 5.05. The molecule has 2 aliphatic carbocycles. The van der Waals surface area contributed by atoms with Crippen LogP contribution in [0.5, 0.6) is 0 Å². The van der Waals surface area contributed by atoms with Crippen molar-refractivity contribution in [2.45, 2.75) is 11.8 Å². The molecule has 2 unspecified atom stereocenters. The molecule has 10 aromatic rings. The highest BCUT2D eigenvalue weighted by Gasteiger charge is 2.31. The largest absolute Gasteiger partial charge is 0.309 e. The van der Waals surface area contributed by atoms with Gasteiger partial charge in [-0.25, -0.2) is 0 Å². The van der Waals surface area contributed by atoms with E-state index in [2.05, 4.69) is 215 Å². The molecular formula is C54H36N2. The number of aromatic nitrogens is 2. The van der Waals surface area contributed by atoms with E-state index in [4.69, 9.17) is 0 Å². The van der Waals surface area contributed by atoms with E-state index < -0.39 is 0 Å². The molecule has 0 amide bonds. The fourth-order valence-electron chi connectivity index (χ4n) is 9.73. The van der Waals surface area contributed by atoms with E-state index in [1.54, 1.807) is 0 Å². The molecule has 0 saturated heterocycles. The summed E-state index contributed by atoms with van der Waals surface area (Å²) >= 11 is 0. The molecule has 0 N–H and O–H groups in total. The lowest BCUT2D eigenvalue weighted by atomic mass is 9.69. The summed E-state index contributed by atoms with van der Waals surface area (Å²) in [7, 11) is 0. The van der Waals surface area contributed by atoms with Crippen molar-refractivity contribution in [2.24, 2.45) is 0 Å². The number of allylic oxidation sites excluding steroid dienone is 4. The van der Waals surface area contributed by atoms with E-state index in [1.165, 1.54) is 93.8 Å². The van der Waals surface area contributed by atoms with Crippen LogP contribution in [0.25, 0.3) is 88.4 Å². The summed E-state index contributed by atoms with van der Waals surface area (Å²) in [5.41, 5.74) is 17.6. The van der Waals surface area contributed by atoms with Gasteiger partial charge >= 0.3 is 0 Å². The zero-order valence-corrected chi connectivity index (χ0v) is 30.7. The monoisotopic (exact) mass is 712 g/mol. The molecule has 2 nitrogen and oxygen atoms in total. The SMILES string of the molecule is C1=CC2c3ccccc3-c3cc(-c4ccc(-n5c6ccccc6c6ccc(-c7ccc8c9ccccc9n(-c9ccccc9)c8c7)cc65)cc4)ccc3C2C=C1. The van der Waals surface area contributed by atoms with E-state index in [0.29, 0.717) is 11.8 Å². The van der Waals surface area contributed by atoms with Gasteiger partial charge in [-0.05, 0) is 99.1 Å². The topological polar surface area (TPSA) is 9.86 Å². The second kappa shape index (κ2) is 12.2. The molecule has 2 heteroatoms. The van der Waals surface area contributed by atoms with Gasteiger partial charge in [0.05, 0.1) is 22.1 Å². The smallest absolute Gasteiger partial charge is 0.0547 e. The molecule has 2 aliphatic rings. The first-order valence-electron chi connectivity index (χ1n) is 19.6. The minimum atomic E-state index is 0.373. The quantitative estimate of drug-likeness (QED) is 0.172. The lowest BCUT2D eigenvalue weighted by Gasteiger charge is -2.34. The van der Waals surface area contributed by atoms with Gasteiger partial charge in [0.25, 0.3) is 0 Å². The van der Waals surface area contributed by atoms with Gasteiger partial charge in [0.1, 0.15) is 0 Å². The summed E-state index contributed by atoms with van der Waals surface area (Å²) < 4.78 is 4.83. The summed E-state index contributed by atoms with van der Waals surface area (Å²) in [4.78, 5) is 0. The fraction of sp³-hybridized carbons (Fsp3) is 0.0370. The molecule has 8 aromatic carbocycles. The number of hydrogen-bond acceptors (Lipinski definition) is 0. The lowest BCUT2D eigenvalue weighted by Crippen LogP contribution is -2.16. The van der Waals surface area contributed by atoms with E-state index in [1.807, 2.05) is 0 Å². The highest BCUT2D eigenvalue weighted by atomic mass is 15.0. The maximum atomic E-state index is 2.43. The summed E-state index contributed by atoms with van der Waals surface area (Å²) in [5.74, 6) is 0.766. The maximum Gasteiger partial charge on any atom is 0.0547 e. The number of benzene rings is 8. The Morgan fingerprint density at radius 1 is 0.304 bits per heavy atom. The van der Waals surface area contributed by atoms with Crippen molar-refractivity contribution in [1.82, 2.24) is 9.13 Å². The minimum Gasteiger partial charge on any atom is -0.309 e. The Morgan fingerprint density at radius 2 is 0.768 bits per heavy atom. The molecule has 56 heavy (non-hydrogen) atoms. The molecule has 0 saturated carbocycles. The predicted molar refractivity (Wildman–Crippen MR) is 235 cm³/mol. The maximum absolute atomic E-state index is 2.43. The van der Waals surface area contributed by atoms with Crippen molar-refractivity contribution in [1.29, 1.82) is 0 Å². The number of hydrogen-bond donors (Lipinski definition) is 0. The van der Waals surface area contributed by atoms with Crippen LogP contribution in [0.15, 0.2) is 206 Å². The Hall–Kier alpha value is -7.16. The first-order valence-corrected chi connectivity index (χ1v) is 19.6. The first kappa shape index (κ1) is 31.2. The lowest BCUT2D eigenvalue weighted by molar-refractivity contribution is 0.720. The Bertz CT molecular complexity index is 3240. The number of rotatable bonds is 4. The Balaban J connectivity index is 0.973. The third-order valence-corrected chi connectivity index (χ3v) is 12.3. The molecule has 0 spiro atoms. The Kier molecular flexibility index (Phi) is 6.79. The van der Waals surface area contributed by atoms with Crippen LogP contribution in [-0.4, -0.2) is 9.13 Å². The van der Waals surface area contributed by atoms with Crippen LogP contribution in [0.3, 0.4) is 0 Å². The van der Waals surface area contributed by atoms with Crippen LogP contribution in [0.4, 0.5) is 0 Å². The normalized spacial score (nSPS) is 15.7. The van der Waals surface area contributed by atoms with Gasteiger partial charge in [0.2, 0.25) is 0 Å². The van der Waals surface area contributed by atoms with Gasteiger partial charge in [0.15, 0.2) is 0 Å². The standard InChI is InChI=1S/C54H36N2/c1-2-12-39(13-3-1)55-51-20-10-8-18-46(51)48-30-25-37(33-53(48)55)38-26-31-49-47-19-9-11-21-52(47)56(54(49)34-38)40-27-22-35(23-28-40)36-24-29-45-43-16-5-4-14-41(43)42-15-6-7-17-44(42)50(45)32-36/h1-34,41,43H. The van der Waals surface area contributed by atoms with Crippen molar-refractivity contribution < 1.29 is 0 Å². The fourth-order valence-corrected chi connectivity index (χ4v) is 9.73. The first-order chi connectivity index (χ1) is 27.8. The molecule has 0 bridgehead atoms. The Labute approximate surface area is 325 Å². The van der Waals surface area contributed by atoms with Crippen LogP contribution in [0.2, 0.25) is 0 Å². The van der Waals surface area contributed by atoms with Gasteiger partial charge in [0, 0.05) is 44.8 Å². The number of para-hydroxylation sites is 3. The van der Waals surface area contributed by atoms with E-state index in [-0.39, 0.29) is 0 Å². The van der Waals surface area contributed by atoms with Crippen LogP contribution in [0.1, 0.15) is 23.0 Å². The molecule has 0 aliphatic heterocycles. The third-order valence-electron chi connectivity index (χ3n) is 12.3. The molecular weight excluding hydrogens is 677 g/mol. The third kappa shape index (κ3) is 4.63. The van der Waals surface area contributed by atoms with E-state index in [9.17, 15) is 0 Å². The average molecular weight is 713 g/mol. The zero-order chi connectivity index (χ0) is 36.7. The van der Waals surface area contributed by atoms with Crippen LogP contribution < -0.4 is 0 Å². The second-order valence-corrected chi connectivity index (χ2v) is 15.3. The van der Waals surface area contributed by atoms with Gasteiger partial charge < -0.3 is 9.13 Å². The van der Waals surface area contributed by atoms with Crippen molar-refractivity contribution in [3.8, 4) is 44.8 Å². The number of nitrogens with zero attached hydrogens (tertiary/aromatic N) is 2. The zero-order valence-electron chi connectivity index (χ0n) is 30.7. The molecule has 12 rings (SSSR count). The van der Waals surface area contributed by atoms with Crippen molar-refractivity contribution in [2.75, 3.05) is 0 Å². The molecule has 262 valence electrons. The Morgan fingerprint density at radius 3 is 1.41 bits per heavy atom. The molecule has 2 heterocycles. The average Bonchev–Trinajstić information content (AvgIpc) is 3.79. The van der Waals surface area contributed by atoms with Crippen LogP contribution >= 0.6 is 0 Å². The van der Waals surface area contributed by atoms with Gasteiger partial charge in [-0.3, -0.25) is 0 Å². The summed E-state index contributed by atoms with van der Waals surface area (Å²) in [6.45, 7) is 0. The summed E-state index contributed by atoms with van der Waals surface area (Å²) in [6, 6.07) is 67.3. The van der Waals surface area contributed by atoms with Gasteiger partial charge in [-0.15, -0.1) is 0 Å². The van der Waals surface area contributed by atoms with Gasteiger partial charge in [-0.1, -0.05) is 152 Å². The predicted octanol–water partition coefficient (Wildman–Crippen LogP) is 14.2. The van der Waals surface area contributed by atoms with Crippen molar-refractivity contribution in [3.05, 3.63) is 217 Å². The highest BCUT2D eigenvalue weighted by molar-refractivity contribution is 6.12. The molecule has 0 radical (unpaired) electrons. The van der Waals surface area contributed by atoms with Crippen LogP contribution in [0, 0.1) is 0 Å². The molecule has 2 aromatic heterocycles. The highest BCUT2D eigenvalue weighted by Crippen LogP contribution is 2.50. The number of fused-ring (bicyclic) bond motifs is 12. The van der Waals surface area contributed by atoms with E-state index in [0.717, 1.165) is 5.69 Å². The van der Waals surface area contributed by atoms with E-state index >= 15 is 0 Å². The molecule has 0 fully saturated rings. The van der Waals surface area contributed by atoms with Gasteiger partial charge in [-0.2, -0.15) is 0 Å².